The van der Waals surface area contributed by atoms with E-state index in [1.807, 2.05) is 57.2 Å². The van der Waals surface area contributed by atoms with Crippen LogP contribution in [0.5, 0.6) is 5.75 Å². The Hall–Kier alpha value is -3.80. The first kappa shape index (κ1) is 21.4. The molecule has 164 valence electrons. The maximum absolute atomic E-state index is 13.0. The molecule has 2 aromatic carbocycles. The van der Waals surface area contributed by atoms with Crippen LogP contribution >= 0.6 is 0 Å². The molecule has 3 aromatic rings. The molecule has 1 aromatic heterocycles. The number of hydrogen-bond donors (Lipinski definition) is 1. The van der Waals surface area contributed by atoms with Gasteiger partial charge in [0.25, 0.3) is 11.7 Å². The number of benzene rings is 2. The molecule has 0 aliphatic carbocycles. The highest BCUT2D eigenvalue weighted by molar-refractivity contribution is 6.46. The van der Waals surface area contributed by atoms with Crippen LogP contribution in [0.3, 0.4) is 0 Å². The largest absolute Gasteiger partial charge is 0.507 e. The van der Waals surface area contributed by atoms with E-state index in [1.54, 1.807) is 18.2 Å². The monoisotopic (exact) mass is 431 g/mol. The van der Waals surface area contributed by atoms with Gasteiger partial charge in [0.05, 0.1) is 18.4 Å². The van der Waals surface area contributed by atoms with Gasteiger partial charge in [0, 0.05) is 12.1 Å². The zero-order valence-corrected chi connectivity index (χ0v) is 18.3. The number of aryl methyl sites for hydroxylation is 2. The summed E-state index contributed by atoms with van der Waals surface area (Å²) in [5.41, 5.74) is 3.40. The number of likely N-dealkylation sites (tertiary alicyclic amines) is 1. The van der Waals surface area contributed by atoms with Crippen molar-refractivity contribution in [3.63, 3.8) is 0 Å². The average Bonchev–Trinajstić information content (AvgIpc) is 3.39. The van der Waals surface area contributed by atoms with E-state index in [4.69, 9.17) is 9.15 Å². The van der Waals surface area contributed by atoms with Gasteiger partial charge >= 0.3 is 0 Å². The van der Waals surface area contributed by atoms with Gasteiger partial charge in [0.15, 0.2) is 0 Å². The minimum Gasteiger partial charge on any atom is -0.507 e. The van der Waals surface area contributed by atoms with Crippen molar-refractivity contribution in [3.05, 3.63) is 94.4 Å². The van der Waals surface area contributed by atoms with Crippen molar-refractivity contribution in [2.75, 3.05) is 6.61 Å². The molecule has 1 aliphatic rings. The first-order valence-electron chi connectivity index (χ1n) is 10.5. The van der Waals surface area contributed by atoms with E-state index in [0.29, 0.717) is 17.9 Å². The van der Waals surface area contributed by atoms with Crippen LogP contribution in [0.25, 0.3) is 5.76 Å². The van der Waals surface area contributed by atoms with Crippen molar-refractivity contribution in [3.8, 4) is 5.75 Å². The quantitative estimate of drug-likeness (QED) is 0.341. The van der Waals surface area contributed by atoms with Crippen LogP contribution in [-0.4, -0.2) is 28.3 Å². The molecule has 1 atom stereocenters. The number of rotatable bonds is 6. The predicted molar refractivity (Wildman–Crippen MR) is 120 cm³/mol. The van der Waals surface area contributed by atoms with E-state index in [9.17, 15) is 14.7 Å². The van der Waals surface area contributed by atoms with Crippen LogP contribution in [0.15, 0.2) is 70.9 Å². The minimum absolute atomic E-state index is 0.0270. The number of aliphatic hydroxyl groups excluding tert-OH is 1. The molecule has 1 unspecified atom stereocenters. The summed E-state index contributed by atoms with van der Waals surface area (Å²) < 4.78 is 11.1. The van der Waals surface area contributed by atoms with Gasteiger partial charge in [0.2, 0.25) is 0 Å². The number of Topliss-reactive ketones (excluding diaryl/α,β-unsaturated/α-hetero) is 1. The Balaban J connectivity index is 1.76. The number of carbonyl (C=O) groups excluding carboxylic acids is 2. The summed E-state index contributed by atoms with van der Waals surface area (Å²) in [6.07, 6.45) is 1.49. The van der Waals surface area contributed by atoms with Crippen molar-refractivity contribution in [1.82, 2.24) is 4.90 Å². The summed E-state index contributed by atoms with van der Waals surface area (Å²) in [5, 5.41) is 11.1. The Morgan fingerprint density at radius 3 is 2.44 bits per heavy atom. The van der Waals surface area contributed by atoms with Crippen LogP contribution in [-0.2, 0) is 16.1 Å². The topological polar surface area (TPSA) is 80.0 Å². The third-order valence-corrected chi connectivity index (χ3v) is 5.72. The number of amides is 1. The van der Waals surface area contributed by atoms with Crippen molar-refractivity contribution in [2.45, 2.75) is 33.4 Å². The number of hydrogen-bond acceptors (Lipinski definition) is 5. The first-order valence-corrected chi connectivity index (χ1v) is 10.5. The highest BCUT2D eigenvalue weighted by atomic mass is 16.5. The molecule has 4 rings (SSSR count). The normalized spacial score (nSPS) is 17.7. The van der Waals surface area contributed by atoms with Gasteiger partial charge in [0.1, 0.15) is 23.3 Å². The molecule has 2 heterocycles. The van der Waals surface area contributed by atoms with E-state index in [0.717, 1.165) is 22.4 Å². The van der Waals surface area contributed by atoms with Gasteiger partial charge < -0.3 is 19.2 Å². The Bertz CT molecular complexity index is 1180. The third kappa shape index (κ3) is 3.91. The molecule has 1 saturated heterocycles. The number of furan rings is 1. The molecule has 1 fully saturated rings. The second-order valence-electron chi connectivity index (χ2n) is 7.82. The van der Waals surface area contributed by atoms with Crippen LogP contribution in [0, 0.1) is 13.8 Å². The summed E-state index contributed by atoms with van der Waals surface area (Å²) in [5.74, 6) is -0.461. The Morgan fingerprint density at radius 2 is 1.81 bits per heavy atom. The van der Waals surface area contributed by atoms with Crippen LogP contribution in [0.2, 0.25) is 0 Å². The van der Waals surface area contributed by atoms with Gasteiger partial charge in [-0.3, -0.25) is 9.59 Å². The maximum Gasteiger partial charge on any atom is 0.296 e. The van der Waals surface area contributed by atoms with Crippen molar-refractivity contribution >= 4 is 17.4 Å². The zero-order chi connectivity index (χ0) is 22.8. The smallest absolute Gasteiger partial charge is 0.296 e. The minimum atomic E-state index is -0.821. The molecule has 6 heteroatoms. The number of ether oxygens (including phenoxy) is 1. The second-order valence-corrected chi connectivity index (χ2v) is 7.82. The molecule has 0 saturated carbocycles. The lowest BCUT2D eigenvalue weighted by atomic mass is 9.97. The fourth-order valence-electron chi connectivity index (χ4n) is 3.88. The molecule has 32 heavy (non-hydrogen) atoms. The van der Waals surface area contributed by atoms with E-state index < -0.39 is 17.7 Å². The lowest BCUT2D eigenvalue weighted by Crippen LogP contribution is -2.29. The Kier molecular flexibility index (Phi) is 5.86. The average molecular weight is 431 g/mol. The van der Waals surface area contributed by atoms with E-state index in [2.05, 4.69) is 0 Å². The summed E-state index contributed by atoms with van der Waals surface area (Å²) in [4.78, 5) is 27.5. The molecule has 1 amide bonds. The standard InChI is InChI=1S/C26H25NO5/c1-4-31-20-11-8-18(9-12-20)15-27-23(21-6-5-13-32-21)22(25(29)26(27)30)24(28)19-10-7-16(2)17(3)14-19/h5-14,23,28H,4,15H2,1-3H3/b24-22-. The van der Waals surface area contributed by atoms with Crippen LogP contribution in [0.1, 0.15) is 41.0 Å². The molecule has 0 bridgehead atoms. The number of ketones is 1. The number of carbonyl (C=O) groups is 2. The molecular weight excluding hydrogens is 406 g/mol. The van der Waals surface area contributed by atoms with Crippen molar-refractivity contribution < 1.29 is 23.8 Å². The van der Waals surface area contributed by atoms with E-state index in [1.165, 1.54) is 11.2 Å². The van der Waals surface area contributed by atoms with Gasteiger partial charge in [-0.15, -0.1) is 0 Å². The Labute approximate surface area is 186 Å². The number of aliphatic hydroxyl groups is 1. The fraction of sp³-hybridized carbons (Fsp3) is 0.231. The van der Waals surface area contributed by atoms with Crippen molar-refractivity contribution in [2.24, 2.45) is 0 Å². The highest BCUT2D eigenvalue weighted by Gasteiger charge is 2.47. The molecule has 0 radical (unpaired) electrons. The molecule has 1 aliphatic heterocycles. The summed E-state index contributed by atoms with van der Waals surface area (Å²) >= 11 is 0. The summed E-state index contributed by atoms with van der Waals surface area (Å²) in [7, 11) is 0. The predicted octanol–water partition coefficient (Wildman–Crippen LogP) is 4.92. The van der Waals surface area contributed by atoms with Crippen molar-refractivity contribution in [1.29, 1.82) is 0 Å². The summed E-state index contributed by atoms with van der Waals surface area (Å²) in [6, 6.07) is 15.4. The van der Waals surface area contributed by atoms with Crippen LogP contribution < -0.4 is 4.74 Å². The summed E-state index contributed by atoms with van der Waals surface area (Å²) in [6.45, 7) is 6.56. The SMILES string of the molecule is CCOc1ccc(CN2C(=O)C(=O)/C(=C(\O)c3ccc(C)c(C)c3)C2c2ccco2)cc1. The molecular formula is C26H25NO5. The van der Waals surface area contributed by atoms with Gasteiger partial charge in [-0.1, -0.05) is 24.3 Å². The first-order chi connectivity index (χ1) is 15.4. The Morgan fingerprint density at radius 1 is 1.06 bits per heavy atom. The molecule has 0 spiro atoms. The number of nitrogens with zero attached hydrogens (tertiary/aromatic N) is 1. The van der Waals surface area contributed by atoms with Gasteiger partial charge in [-0.05, 0) is 67.8 Å². The molecule has 1 N–H and O–H groups in total. The van der Waals surface area contributed by atoms with Gasteiger partial charge in [-0.25, -0.2) is 0 Å². The van der Waals surface area contributed by atoms with E-state index >= 15 is 0 Å². The maximum atomic E-state index is 13.0. The zero-order valence-electron chi connectivity index (χ0n) is 18.3. The van der Waals surface area contributed by atoms with E-state index in [-0.39, 0.29) is 17.9 Å². The van der Waals surface area contributed by atoms with Crippen LogP contribution in [0.4, 0.5) is 0 Å². The lowest BCUT2D eigenvalue weighted by Gasteiger charge is -2.23. The second kappa shape index (κ2) is 8.75. The highest BCUT2D eigenvalue weighted by Crippen LogP contribution is 2.40. The van der Waals surface area contributed by atoms with Gasteiger partial charge in [-0.2, -0.15) is 0 Å². The lowest BCUT2D eigenvalue weighted by molar-refractivity contribution is -0.140. The fourth-order valence-corrected chi connectivity index (χ4v) is 3.88. The molecule has 6 nitrogen and oxygen atoms in total. The third-order valence-electron chi connectivity index (χ3n) is 5.72.